The Morgan fingerprint density at radius 1 is 1.26 bits per heavy atom. The summed E-state index contributed by atoms with van der Waals surface area (Å²) in [6.45, 7) is 6.84. The average molecular weight is 320 g/mol. The lowest BCUT2D eigenvalue weighted by Crippen LogP contribution is -2.51. The van der Waals surface area contributed by atoms with Crippen LogP contribution in [-0.2, 0) is 4.74 Å². The fourth-order valence-electron chi connectivity index (χ4n) is 3.48. The van der Waals surface area contributed by atoms with Crippen LogP contribution >= 0.6 is 0 Å². The van der Waals surface area contributed by atoms with E-state index >= 15 is 0 Å². The minimum Gasteiger partial charge on any atom is -0.379 e. The second kappa shape index (κ2) is 7.41. The molecule has 2 aliphatic heterocycles. The SMILES string of the molecule is Cc1cc(C(=O)N2CCCCC2CN2CCOCC2)ccc1F. The molecule has 2 fully saturated rings. The molecule has 2 saturated heterocycles. The number of carbonyl (C=O) groups is 1. The van der Waals surface area contributed by atoms with Crippen LogP contribution in [0.2, 0.25) is 0 Å². The third-order valence-electron chi connectivity index (χ3n) is 4.87. The van der Waals surface area contributed by atoms with Gasteiger partial charge in [-0.3, -0.25) is 9.69 Å². The fraction of sp³-hybridized carbons (Fsp3) is 0.611. The zero-order valence-corrected chi connectivity index (χ0v) is 13.8. The second-order valence-electron chi connectivity index (χ2n) is 6.53. The summed E-state index contributed by atoms with van der Waals surface area (Å²) >= 11 is 0. The molecular formula is C18H25FN2O2. The van der Waals surface area contributed by atoms with Crippen molar-refractivity contribution in [3.63, 3.8) is 0 Å². The van der Waals surface area contributed by atoms with E-state index in [1.54, 1.807) is 19.1 Å². The first-order valence-corrected chi connectivity index (χ1v) is 8.52. The molecule has 0 spiro atoms. The van der Waals surface area contributed by atoms with E-state index in [0.29, 0.717) is 11.1 Å². The number of hydrogen-bond donors (Lipinski definition) is 0. The van der Waals surface area contributed by atoms with E-state index < -0.39 is 0 Å². The van der Waals surface area contributed by atoms with Gasteiger partial charge in [0.15, 0.2) is 0 Å². The van der Waals surface area contributed by atoms with E-state index in [4.69, 9.17) is 4.74 Å². The van der Waals surface area contributed by atoms with Crippen LogP contribution in [0.3, 0.4) is 0 Å². The lowest BCUT2D eigenvalue weighted by molar-refractivity contribution is 0.0166. The van der Waals surface area contributed by atoms with Crippen molar-refractivity contribution in [3.8, 4) is 0 Å². The maximum absolute atomic E-state index is 13.4. The number of rotatable bonds is 3. The van der Waals surface area contributed by atoms with Crippen LogP contribution in [0.25, 0.3) is 0 Å². The summed E-state index contributed by atoms with van der Waals surface area (Å²) in [7, 11) is 0. The van der Waals surface area contributed by atoms with Crippen LogP contribution in [-0.4, -0.2) is 61.1 Å². The quantitative estimate of drug-likeness (QED) is 0.858. The van der Waals surface area contributed by atoms with Crippen molar-refractivity contribution in [1.29, 1.82) is 0 Å². The number of ether oxygens (including phenoxy) is 1. The maximum atomic E-state index is 13.4. The van der Waals surface area contributed by atoms with Crippen molar-refractivity contribution in [3.05, 3.63) is 35.1 Å². The minimum absolute atomic E-state index is 0.0334. The van der Waals surface area contributed by atoms with Gasteiger partial charge in [0.05, 0.1) is 13.2 Å². The normalized spacial score (nSPS) is 23.0. The molecular weight excluding hydrogens is 295 g/mol. The van der Waals surface area contributed by atoms with Gasteiger partial charge in [0.2, 0.25) is 0 Å². The molecule has 3 rings (SSSR count). The summed E-state index contributed by atoms with van der Waals surface area (Å²) in [6.07, 6.45) is 3.26. The summed E-state index contributed by atoms with van der Waals surface area (Å²) in [5.41, 5.74) is 1.12. The Hall–Kier alpha value is -1.46. The van der Waals surface area contributed by atoms with Crippen LogP contribution in [0.4, 0.5) is 4.39 Å². The number of likely N-dealkylation sites (tertiary alicyclic amines) is 1. The van der Waals surface area contributed by atoms with E-state index in [1.165, 1.54) is 12.5 Å². The molecule has 0 radical (unpaired) electrons. The number of amides is 1. The topological polar surface area (TPSA) is 32.8 Å². The van der Waals surface area contributed by atoms with Crippen molar-refractivity contribution in [2.75, 3.05) is 39.4 Å². The number of halogens is 1. The predicted molar refractivity (Wildman–Crippen MR) is 87.1 cm³/mol. The van der Waals surface area contributed by atoms with Gasteiger partial charge in [-0.15, -0.1) is 0 Å². The Labute approximate surface area is 137 Å². The molecule has 0 aliphatic carbocycles. The van der Waals surface area contributed by atoms with Gasteiger partial charge in [-0.25, -0.2) is 4.39 Å². The zero-order chi connectivity index (χ0) is 16.2. The Morgan fingerprint density at radius 3 is 2.78 bits per heavy atom. The molecule has 0 aromatic heterocycles. The molecule has 2 aliphatic rings. The molecule has 0 N–H and O–H groups in total. The van der Waals surface area contributed by atoms with Crippen LogP contribution < -0.4 is 0 Å². The van der Waals surface area contributed by atoms with Gasteiger partial charge in [-0.1, -0.05) is 0 Å². The van der Waals surface area contributed by atoms with Crippen LogP contribution in [0, 0.1) is 12.7 Å². The number of nitrogens with zero attached hydrogens (tertiary/aromatic N) is 2. The highest BCUT2D eigenvalue weighted by Gasteiger charge is 2.29. The number of morpholine rings is 1. The maximum Gasteiger partial charge on any atom is 0.254 e. The van der Waals surface area contributed by atoms with E-state index in [9.17, 15) is 9.18 Å². The summed E-state index contributed by atoms with van der Waals surface area (Å²) < 4.78 is 18.8. The Bertz CT molecular complexity index is 558. The lowest BCUT2D eigenvalue weighted by Gasteiger charge is -2.39. The predicted octanol–water partition coefficient (Wildman–Crippen LogP) is 2.46. The Balaban J connectivity index is 1.71. The number of aryl methyl sites for hydroxylation is 1. The Kier molecular flexibility index (Phi) is 5.28. The summed E-state index contributed by atoms with van der Waals surface area (Å²) in [5, 5.41) is 0. The standard InChI is InChI=1S/C18H25FN2O2/c1-14-12-15(5-6-17(14)19)18(22)21-7-3-2-4-16(21)13-20-8-10-23-11-9-20/h5-6,12,16H,2-4,7-11,13H2,1H3. The van der Waals surface area contributed by atoms with Gasteiger partial charge in [-0.2, -0.15) is 0 Å². The Morgan fingerprint density at radius 2 is 2.04 bits per heavy atom. The van der Waals surface area contributed by atoms with Crippen LogP contribution in [0.15, 0.2) is 18.2 Å². The van der Waals surface area contributed by atoms with Gasteiger partial charge >= 0.3 is 0 Å². The highest BCUT2D eigenvalue weighted by atomic mass is 19.1. The first kappa shape index (κ1) is 16.4. The van der Waals surface area contributed by atoms with Crippen LogP contribution in [0.5, 0.6) is 0 Å². The highest BCUT2D eigenvalue weighted by molar-refractivity contribution is 5.94. The van der Waals surface area contributed by atoms with Crippen molar-refractivity contribution in [2.45, 2.75) is 32.2 Å². The molecule has 0 bridgehead atoms. The molecule has 5 heteroatoms. The molecule has 2 heterocycles. The molecule has 1 aromatic carbocycles. The molecule has 126 valence electrons. The zero-order valence-electron chi connectivity index (χ0n) is 13.8. The second-order valence-corrected chi connectivity index (χ2v) is 6.53. The summed E-state index contributed by atoms with van der Waals surface area (Å²) in [6, 6.07) is 4.91. The molecule has 1 amide bonds. The van der Waals surface area contributed by atoms with E-state index in [2.05, 4.69) is 4.90 Å². The molecule has 1 aromatic rings. The molecule has 0 saturated carbocycles. The highest BCUT2D eigenvalue weighted by Crippen LogP contribution is 2.22. The van der Waals surface area contributed by atoms with Gasteiger partial charge < -0.3 is 9.64 Å². The first-order chi connectivity index (χ1) is 11.1. The summed E-state index contributed by atoms with van der Waals surface area (Å²) in [4.78, 5) is 17.3. The van der Waals surface area contributed by atoms with E-state index in [-0.39, 0.29) is 17.8 Å². The number of hydrogen-bond acceptors (Lipinski definition) is 3. The molecule has 23 heavy (non-hydrogen) atoms. The van der Waals surface area contributed by atoms with Crippen molar-refractivity contribution >= 4 is 5.91 Å². The van der Waals surface area contributed by atoms with Crippen molar-refractivity contribution < 1.29 is 13.9 Å². The molecule has 4 nitrogen and oxygen atoms in total. The fourth-order valence-corrected chi connectivity index (χ4v) is 3.48. The number of benzene rings is 1. The lowest BCUT2D eigenvalue weighted by atomic mass is 9.99. The third kappa shape index (κ3) is 3.90. The molecule has 1 unspecified atom stereocenters. The summed E-state index contributed by atoms with van der Waals surface area (Å²) in [5.74, 6) is -0.226. The monoisotopic (exact) mass is 320 g/mol. The largest absolute Gasteiger partial charge is 0.379 e. The van der Waals surface area contributed by atoms with Crippen molar-refractivity contribution in [1.82, 2.24) is 9.80 Å². The van der Waals surface area contributed by atoms with Crippen molar-refractivity contribution in [2.24, 2.45) is 0 Å². The minimum atomic E-state index is -0.259. The number of carbonyl (C=O) groups excluding carboxylic acids is 1. The van der Waals surface area contributed by atoms with E-state index in [0.717, 1.165) is 52.2 Å². The average Bonchev–Trinajstić information content (AvgIpc) is 2.58. The van der Waals surface area contributed by atoms with Gasteiger partial charge in [0.1, 0.15) is 5.82 Å². The van der Waals surface area contributed by atoms with E-state index in [1.807, 2.05) is 4.90 Å². The molecule has 1 atom stereocenters. The van der Waals surface area contributed by atoms with Crippen LogP contribution in [0.1, 0.15) is 35.2 Å². The first-order valence-electron chi connectivity index (χ1n) is 8.52. The number of piperidine rings is 1. The van der Waals surface area contributed by atoms with Gasteiger partial charge in [0.25, 0.3) is 5.91 Å². The van der Waals surface area contributed by atoms with Gasteiger partial charge in [0, 0.05) is 37.8 Å². The third-order valence-corrected chi connectivity index (χ3v) is 4.87. The smallest absolute Gasteiger partial charge is 0.254 e. The van der Waals surface area contributed by atoms with Gasteiger partial charge in [-0.05, 0) is 49.9 Å².